The zero-order chi connectivity index (χ0) is 20.1. The lowest BCUT2D eigenvalue weighted by atomic mass is 10.1. The van der Waals surface area contributed by atoms with Crippen LogP contribution in [-0.4, -0.2) is 40.2 Å². The molecule has 2 N–H and O–H groups in total. The van der Waals surface area contributed by atoms with E-state index in [0.29, 0.717) is 5.69 Å². The number of pyridine rings is 1. The number of hydrogen-bond donors (Lipinski definition) is 2. The molecule has 27 heavy (non-hydrogen) atoms. The molecular weight excluding hydrogens is 356 g/mol. The highest BCUT2D eigenvalue weighted by molar-refractivity contribution is 6.12. The maximum absolute atomic E-state index is 12.6. The number of aromatic hydroxyl groups is 1. The van der Waals surface area contributed by atoms with Crippen LogP contribution in [-0.2, 0) is 4.79 Å². The standard InChI is InChI=1S/C17H14N4O6/c1-20(11-4-3-5-19-9-11)17(24)12(8-18)15(22)10-6-13(21(25)26)16(23)14(7-10)27-2/h3-7,9,22-23H,1-2H3/b15-12-. The van der Waals surface area contributed by atoms with E-state index in [9.17, 15) is 30.4 Å². The fraction of sp³-hybridized carbons (Fsp3) is 0.118. The number of rotatable bonds is 5. The third kappa shape index (κ3) is 3.77. The van der Waals surface area contributed by atoms with Gasteiger partial charge in [-0.25, -0.2) is 0 Å². The van der Waals surface area contributed by atoms with E-state index in [4.69, 9.17) is 4.74 Å². The summed E-state index contributed by atoms with van der Waals surface area (Å²) < 4.78 is 4.84. The second-order valence-electron chi connectivity index (χ2n) is 5.21. The molecule has 1 aromatic heterocycles. The van der Waals surface area contributed by atoms with E-state index < -0.39 is 33.6 Å². The van der Waals surface area contributed by atoms with Gasteiger partial charge in [0.15, 0.2) is 11.3 Å². The number of carbonyl (C=O) groups excluding carboxylic acids is 1. The SMILES string of the molecule is COc1cc(/C(O)=C(\C#N)C(=O)N(C)c2cccnc2)cc([N+](=O)[O-])c1O. The van der Waals surface area contributed by atoms with Crippen LogP contribution >= 0.6 is 0 Å². The minimum Gasteiger partial charge on any atom is -0.506 e. The van der Waals surface area contributed by atoms with Crippen molar-refractivity contribution in [3.8, 4) is 17.6 Å². The van der Waals surface area contributed by atoms with Crippen LogP contribution in [0.15, 0.2) is 42.2 Å². The van der Waals surface area contributed by atoms with Crippen LogP contribution in [0, 0.1) is 21.4 Å². The van der Waals surface area contributed by atoms with Crippen LogP contribution in [0.5, 0.6) is 11.5 Å². The number of phenols is 1. The molecule has 0 fully saturated rings. The lowest BCUT2D eigenvalue weighted by molar-refractivity contribution is -0.386. The second kappa shape index (κ2) is 7.83. The molecule has 10 heteroatoms. The molecule has 2 aromatic rings. The Morgan fingerprint density at radius 2 is 2.15 bits per heavy atom. The minimum atomic E-state index is -0.885. The number of phenolic OH excluding ortho intramolecular Hbond substituents is 1. The number of aliphatic hydroxyl groups is 1. The van der Waals surface area contributed by atoms with E-state index in [-0.39, 0.29) is 11.3 Å². The van der Waals surface area contributed by atoms with E-state index in [0.717, 1.165) is 24.1 Å². The third-order valence-electron chi connectivity index (χ3n) is 3.65. The summed E-state index contributed by atoms with van der Waals surface area (Å²) in [7, 11) is 2.54. The first-order valence-corrected chi connectivity index (χ1v) is 7.39. The van der Waals surface area contributed by atoms with E-state index >= 15 is 0 Å². The number of nitro benzene ring substituents is 1. The number of nitrogens with zero attached hydrogens (tertiary/aromatic N) is 4. The Labute approximate surface area is 153 Å². The maximum atomic E-state index is 12.6. The smallest absolute Gasteiger partial charge is 0.315 e. The predicted octanol–water partition coefficient (Wildman–Crippen LogP) is 2.16. The van der Waals surface area contributed by atoms with Crippen LogP contribution in [0.2, 0.25) is 0 Å². The zero-order valence-corrected chi connectivity index (χ0v) is 14.3. The minimum absolute atomic E-state index is 0.235. The van der Waals surface area contributed by atoms with Crippen LogP contribution < -0.4 is 9.64 Å². The number of nitriles is 1. The van der Waals surface area contributed by atoms with Crippen molar-refractivity contribution in [2.24, 2.45) is 0 Å². The largest absolute Gasteiger partial charge is 0.506 e. The van der Waals surface area contributed by atoms with Crippen molar-refractivity contribution in [1.82, 2.24) is 4.98 Å². The summed E-state index contributed by atoms with van der Waals surface area (Å²) in [5.74, 6) is -2.68. The van der Waals surface area contributed by atoms with Crippen molar-refractivity contribution in [1.29, 1.82) is 5.26 Å². The molecule has 2 rings (SSSR count). The lowest BCUT2D eigenvalue weighted by Crippen LogP contribution is -2.28. The van der Waals surface area contributed by atoms with Gasteiger partial charge < -0.3 is 19.8 Å². The topological polar surface area (TPSA) is 150 Å². The Balaban J connectivity index is 2.57. The number of methoxy groups -OCH3 is 1. The number of hydrogen-bond acceptors (Lipinski definition) is 8. The monoisotopic (exact) mass is 370 g/mol. The third-order valence-corrected chi connectivity index (χ3v) is 3.65. The highest BCUT2D eigenvalue weighted by atomic mass is 16.6. The molecule has 0 saturated carbocycles. The molecule has 0 aliphatic rings. The first-order valence-electron chi connectivity index (χ1n) is 7.39. The number of benzene rings is 1. The van der Waals surface area contributed by atoms with Gasteiger partial charge in [-0.05, 0) is 18.2 Å². The molecule has 138 valence electrons. The molecular formula is C17H14N4O6. The Bertz CT molecular complexity index is 965. The lowest BCUT2D eigenvalue weighted by Gasteiger charge is -2.17. The molecule has 1 heterocycles. The molecule has 0 radical (unpaired) electrons. The van der Waals surface area contributed by atoms with Gasteiger partial charge >= 0.3 is 5.69 Å². The van der Waals surface area contributed by atoms with Gasteiger partial charge in [0, 0.05) is 24.9 Å². The molecule has 0 atom stereocenters. The molecule has 0 unspecified atom stereocenters. The number of nitro groups is 1. The van der Waals surface area contributed by atoms with E-state index in [1.165, 1.54) is 19.4 Å². The molecule has 0 bridgehead atoms. The van der Waals surface area contributed by atoms with Crippen LogP contribution in [0.4, 0.5) is 11.4 Å². The number of ether oxygens (including phenoxy) is 1. The van der Waals surface area contributed by atoms with Crippen molar-refractivity contribution < 1.29 is 24.7 Å². The number of anilines is 1. The zero-order valence-electron chi connectivity index (χ0n) is 14.3. The van der Waals surface area contributed by atoms with Crippen molar-refractivity contribution in [2.45, 2.75) is 0 Å². The number of aliphatic hydroxyl groups excluding tert-OH is 1. The summed E-state index contributed by atoms with van der Waals surface area (Å²) >= 11 is 0. The molecule has 1 aromatic carbocycles. The van der Waals surface area contributed by atoms with Gasteiger partial charge in [0.25, 0.3) is 5.91 Å². The average molecular weight is 370 g/mol. The first-order chi connectivity index (χ1) is 12.8. The summed E-state index contributed by atoms with van der Waals surface area (Å²) in [5, 5.41) is 40.6. The van der Waals surface area contributed by atoms with E-state index in [1.54, 1.807) is 18.2 Å². The highest BCUT2D eigenvalue weighted by Crippen LogP contribution is 2.38. The van der Waals surface area contributed by atoms with Gasteiger partial charge in [-0.2, -0.15) is 5.26 Å². The van der Waals surface area contributed by atoms with Crippen molar-refractivity contribution in [3.05, 3.63) is 57.9 Å². The molecule has 0 aliphatic heterocycles. The Morgan fingerprint density at radius 1 is 1.44 bits per heavy atom. The Morgan fingerprint density at radius 3 is 2.67 bits per heavy atom. The van der Waals surface area contributed by atoms with Crippen molar-refractivity contribution >= 4 is 23.0 Å². The van der Waals surface area contributed by atoms with Crippen LogP contribution in [0.1, 0.15) is 5.56 Å². The fourth-order valence-corrected chi connectivity index (χ4v) is 2.21. The van der Waals surface area contributed by atoms with E-state index in [2.05, 4.69) is 4.98 Å². The average Bonchev–Trinajstić information content (AvgIpc) is 2.68. The van der Waals surface area contributed by atoms with Gasteiger partial charge in [-0.3, -0.25) is 19.9 Å². The number of amides is 1. The van der Waals surface area contributed by atoms with Gasteiger partial charge in [-0.15, -0.1) is 0 Å². The molecule has 1 amide bonds. The summed E-state index contributed by atoms with van der Waals surface area (Å²) in [6.45, 7) is 0. The van der Waals surface area contributed by atoms with Gasteiger partial charge in [0.2, 0.25) is 5.75 Å². The summed E-state index contributed by atoms with van der Waals surface area (Å²) in [6.07, 6.45) is 2.89. The van der Waals surface area contributed by atoms with Crippen LogP contribution in [0.25, 0.3) is 5.76 Å². The molecule has 0 spiro atoms. The molecule has 0 saturated heterocycles. The summed E-state index contributed by atoms with van der Waals surface area (Å²) in [4.78, 5) is 27.7. The van der Waals surface area contributed by atoms with Crippen molar-refractivity contribution in [2.75, 3.05) is 19.1 Å². The Kier molecular flexibility index (Phi) is 5.57. The van der Waals surface area contributed by atoms with Crippen molar-refractivity contribution in [3.63, 3.8) is 0 Å². The summed E-state index contributed by atoms with van der Waals surface area (Å²) in [6, 6.07) is 6.67. The summed E-state index contributed by atoms with van der Waals surface area (Å²) in [5.41, 5.74) is -1.26. The van der Waals surface area contributed by atoms with Gasteiger partial charge in [0.05, 0.1) is 23.9 Å². The Hall–Kier alpha value is -4.13. The normalized spacial score (nSPS) is 11.1. The van der Waals surface area contributed by atoms with Gasteiger partial charge in [-0.1, -0.05) is 0 Å². The van der Waals surface area contributed by atoms with Crippen LogP contribution in [0.3, 0.4) is 0 Å². The maximum Gasteiger partial charge on any atom is 0.315 e. The quantitative estimate of drug-likeness (QED) is 0.267. The second-order valence-corrected chi connectivity index (χ2v) is 5.21. The molecule has 0 aliphatic carbocycles. The number of aromatic nitrogens is 1. The predicted molar refractivity (Wildman–Crippen MR) is 94.1 cm³/mol. The molecule has 10 nitrogen and oxygen atoms in total. The number of likely N-dealkylation sites (N-methyl/N-ethyl adjacent to an activating group) is 1. The first kappa shape index (κ1) is 19.2. The highest BCUT2D eigenvalue weighted by Gasteiger charge is 2.26. The van der Waals surface area contributed by atoms with Gasteiger partial charge in [0.1, 0.15) is 11.8 Å². The van der Waals surface area contributed by atoms with E-state index in [1.807, 2.05) is 0 Å². The fourth-order valence-electron chi connectivity index (χ4n) is 2.21. The number of carbonyl (C=O) groups is 1.